The van der Waals surface area contributed by atoms with Gasteiger partial charge in [-0.2, -0.15) is 10.2 Å². The molecule has 2 aromatic carbocycles. The summed E-state index contributed by atoms with van der Waals surface area (Å²) in [5.74, 6) is -0.641. The second kappa shape index (κ2) is 9.90. The fourth-order valence-corrected chi connectivity index (χ4v) is 3.54. The lowest BCUT2D eigenvalue weighted by Crippen LogP contribution is -2.32. The van der Waals surface area contributed by atoms with E-state index < -0.39 is 36.2 Å². The van der Waals surface area contributed by atoms with Crippen LogP contribution < -0.4 is 5.32 Å². The van der Waals surface area contributed by atoms with Crippen LogP contribution in [0.25, 0.3) is 16.9 Å². The minimum absolute atomic E-state index is 0.0488. The highest BCUT2D eigenvalue weighted by Crippen LogP contribution is 2.28. The van der Waals surface area contributed by atoms with Crippen molar-refractivity contribution in [2.45, 2.75) is 32.4 Å². The largest absolute Gasteiger partial charge is 0.350 e. The van der Waals surface area contributed by atoms with E-state index in [1.165, 1.54) is 6.92 Å². The van der Waals surface area contributed by atoms with Crippen LogP contribution in [0.3, 0.4) is 0 Å². The van der Waals surface area contributed by atoms with Crippen molar-refractivity contribution in [2.24, 2.45) is 0 Å². The van der Waals surface area contributed by atoms with Gasteiger partial charge in [-0.1, -0.05) is 48.5 Å². The predicted octanol–water partition coefficient (Wildman–Crippen LogP) is 5.49. The quantitative estimate of drug-likeness (QED) is 0.346. The van der Waals surface area contributed by atoms with Gasteiger partial charge >= 0.3 is 0 Å². The van der Waals surface area contributed by atoms with E-state index in [9.17, 15) is 22.4 Å². The first-order chi connectivity index (χ1) is 16.3. The highest BCUT2D eigenvalue weighted by atomic mass is 19.3. The topological polar surface area (TPSA) is 64.7 Å². The summed E-state index contributed by atoms with van der Waals surface area (Å²) < 4.78 is 55.0. The SMILES string of the molecule is CC(C(=O)NCc1cn(-c2ccccc2)nc1-c1ccccc1)n1nc(C(F)F)cc1C(F)F. The second-order valence-electron chi connectivity index (χ2n) is 7.58. The number of para-hydroxylation sites is 1. The van der Waals surface area contributed by atoms with E-state index in [0.717, 1.165) is 11.3 Å². The summed E-state index contributed by atoms with van der Waals surface area (Å²) in [6, 6.07) is 18.2. The molecule has 4 rings (SSSR count). The van der Waals surface area contributed by atoms with Crippen LogP contribution in [-0.2, 0) is 11.3 Å². The molecule has 4 aromatic rings. The molecular weight excluding hydrogens is 450 g/mol. The van der Waals surface area contributed by atoms with Crippen molar-refractivity contribution in [3.8, 4) is 16.9 Å². The maximum atomic E-state index is 13.3. The van der Waals surface area contributed by atoms with Crippen molar-refractivity contribution >= 4 is 5.91 Å². The van der Waals surface area contributed by atoms with Gasteiger partial charge < -0.3 is 5.32 Å². The molecule has 176 valence electrons. The Morgan fingerprint density at radius 2 is 1.59 bits per heavy atom. The predicted molar refractivity (Wildman–Crippen MR) is 118 cm³/mol. The minimum Gasteiger partial charge on any atom is -0.350 e. The Hall–Kier alpha value is -3.95. The molecule has 2 aromatic heterocycles. The van der Waals surface area contributed by atoms with E-state index in [4.69, 9.17) is 0 Å². The lowest BCUT2D eigenvalue weighted by Gasteiger charge is -2.15. The number of nitrogens with zero attached hydrogens (tertiary/aromatic N) is 4. The number of hydrogen-bond acceptors (Lipinski definition) is 3. The Balaban J connectivity index is 1.58. The first-order valence-corrected chi connectivity index (χ1v) is 10.5. The van der Waals surface area contributed by atoms with Gasteiger partial charge in [0.05, 0.1) is 11.4 Å². The molecular formula is C24H21F4N5O. The molecule has 0 bridgehead atoms. The molecule has 1 unspecified atom stereocenters. The molecule has 1 N–H and O–H groups in total. The van der Waals surface area contributed by atoms with Crippen LogP contribution in [0.4, 0.5) is 17.6 Å². The first-order valence-electron chi connectivity index (χ1n) is 10.5. The van der Waals surface area contributed by atoms with Crippen molar-refractivity contribution in [3.63, 3.8) is 0 Å². The van der Waals surface area contributed by atoms with E-state index in [-0.39, 0.29) is 6.54 Å². The van der Waals surface area contributed by atoms with E-state index in [2.05, 4.69) is 15.5 Å². The fraction of sp³-hybridized carbons (Fsp3) is 0.208. The van der Waals surface area contributed by atoms with Gasteiger partial charge in [-0.25, -0.2) is 22.2 Å². The molecule has 0 fully saturated rings. The van der Waals surface area contributed by atoms with Gasteiger partial charge in [0.15, 0.2) is 0 Å². The van der Waals surface area contributed by atoms with Crippen molar-refractivity contribution in [1.82, 2.24) is 24.9 Å². The number of benzene rings is 2. The molecule has 1 atom stereocenters. The number of carbonyl (C=O) groups is 1. The van der Waals surface area contributed by atoms with E-state index >= 15 is 0 Å². The monoisotopic (exact) mass is 471 g/mol. The number of carbonyl (C=O) groups excluding carboxylic acids is 1. The molecule has 34 heavy (non-hydrogen) atoms. The Morgan fingerprint density at radius 3 is 2.21 bits per heavy atom. The number of halogens is 4. The summed E-state index contributed by atoms with van der Waals surface area (Å²) >= 11 is 0. The van der Waals surface area contributed by atoms with Gasteiger partial charge in [-0.15, -0.1) is 0 Å². The van der Waals surface area contributed by atoms with Crippen LogP contribution >= 0.6 is 0 Å². The van der Waals surface area contributed by atoms with Gasteiger partial charge in [-0.05, 0) is 25.1 Å². The highest BCUT2D eigenvalue weighted by Gasteiger charge is 2.27. The van der Waals surface area contributed by atoms with E-state index in [1.807, 2.05) is 60.7 Å². The Labute approximate surface area is 192 Å². The van der Waals surface area contributed by atoms with Crippen molar-refractivity contribution < 1.29 is 22.4 Å². The summed E-state index contributed by atoms with van der Waals surface area (Å²) in [6.45, 7) is 1.38. The van der Waals surface area contributed by atoms with Crippen molar-refractivity contribution in [1.29, 1.82) is 0 Å². The van der Waals surface area contributed by atoms with Crippen LogP contribution in [0.2, 0.25) is 0 Å². The molecule has 0 spiro atoms. The number of aromatic nitrogens is 4. The normalized spacial score (nSPS) is 12.3. The smallest absolute Gasteiger partial charge is 0.282 e. The Kier molecular flexibility index (Phi) is 6.76. The fourth-order valence-electron chi connectivity index (χ4n) is 3.54. The maximum Gasteiger partial charge on any atom is 0.282 e. The highest BCUT2D eigenvalue weighted by molar-refractivity contribution is 5.80. The number of rotatable bonds is 8. The van der Waals surface area contributed by atoms with Crippen molar-refractivity contribution in [2.75, 3.05) is 0 Å². The third-order valence-corrected chi connectivity index (χ3v) is 5.29. The van der Waals surface area contributed by atoms with Crippen LogP contribution in [0.5, 0.6) is 0 Å². The number of amides is 1. The molecule has 0 aliphatic carbocycles. The van der Waals surface area contributed by atoms with E-state index in [1.54, 1.807) is 10.9 Å². The van der Waals surface area contributed by atoms with Crippen LogP contribution in [0.1, 0.15) is 42.8 Å². The molecule has 0 saturated heterocycles. The lowest BCUT2D eigenvalue weighted by atomic mass is 10.1. The number of nitrogens with one attached hydrogen (secondary N) is 1. The molecule has 2 heterocycles. The summed E-state index contributed by atoms with van der Waals surface area (Å²) in [7, 11) is 0. The second-order valence-corrected chi connectivity index (χ2v) is 7.58. The third kappa shape index (κ3) is 4.85. The summed E-state index contributed by atoms with van der Waals surface area (Å²) in [6.07, 6.45) is -4.30. The maximum absolute atomic E-state index is 13.3. The summed E-state index contributed by atoms with van der Waals surface area (Å²) in [4.78, 5) is 12.8. The Bertz CT molecular complexity index is 1260. The van der Waals surface area contributed by atoms with Crippen LogP contribution in [0, 0.1) is 0 Å². The van der Waals surface area contributed by atoms with Gasteiger partial charge in [0.1, 0.15) is 17.4 Å². The molecule has 0 aliphatic rings. The summed E-state index contributed by atoms with van der Waals surface area (Å²) in [5, 5.41) is 10.9. The average molecular weight is 471 g/mol. The van der Waals surface area contributed by atoms with Crippen LogP contribution in [-0.4, -0.2) is 25.5 Å². The Morgan fingerprint density at radius 1 is 0.941 bits per heavy atom. The first kappa shape index (κ1) is 23.2. The van der Waals surface area contributed by atoms with Gasteiger partial charge in [0.2, 0.25) is 5.91 Å². The standard InChI is InChI=1S/C24H21F4N5O/c1-15(33-20(23(27)28)12-19(30-33)22(25)26)24(34)29-13-17-14-32(18-10-6-3-7-11-18)31-21(17)16-8-4-2-5-9-16/h2-12,14-15,22-23H,13H2,1H3,(H,29,34). The number of hydrogen-bond donors (Lipinski definition) is 1. The zero-order valence-corrected chi connectivity index (χ0v) is 18.1. The third-order valence-electron chi connectivity index (χ3n) is 5.29. The number of alkyl halides is 4. The van der Waals surface area contributed by atoms with Gasteiger partial charge in [0.25, 0.3) is 12.9 Å². The van der Waals surface area contributed by atoms with Crippen molar-refractivity contribution in [3.05, 3.63) is 89.9 Å². The molecule has 0 saturated carbocycles. The minimum atomic E-state index is -3.05. The molecule has 10 heteroatoms. The average Bonchev–Trinajstić information content (AvgIpc) is 3.48. The van der Waals surface area contributed by atoms with Gasteiger partial charge in [-0.3, -0.25) is 9.48 Å². The summed E-state index contributed by atoms with van der Waals surface area (Å²) in [5.41, 5.74) is 1.46. The van der Waals surface area contributed by atoms with E-state index in [0.29, 0.717) is 22.0 Å². The van der Waals surface area contributed by atoms with Gasteiger partial charge in [0, 0.05) is 23.9 Å². The lowest BCUT2D eigenvalue weighted by molar-refractivity contribution is -0.124. The zero-order valence-electron chi connectivity index (χ0n) is 18.1. The van der Waals surface area contributed by atoms with Crippen LogP contribution in [0.15, 0.2) is 72.9 Å². The zero-order chi connectivity index (χ0) is 24.2. The molecule has 6 nitrogen and oxygen atoms in total. The molecule has 0 aliphatic heterocycles. The molecule has 1 amide bonds. The molecule has 0 radical (unpaired) electrons.